The van der Waals surface area contributed by atoms with E-state index in [9.17, 15) is 0 Å². The Morgan fingerprint density at radius 1 is 1.00 bits per heavy atom. The second-order valence-electron chi connectivity index (χ2n) is 6.51. The first-order chi connectivity index (χ1) is 7.38. The van der Waals surface area contributed by atoms with Gasteiger partial charge in [-0.25, -0.2) is 0 Å². The molecule has 88 valence electrons. The van der Waals surface area contributed by atoms with Crippen LogP contribution >= 0.6 is 0 Å². The lowest BCUT2D eigenvalue weighted by Gasteiger charge is -2.35. The maximum Gasteiger partial charge on any atom is -0.0242 e. The van der Waals surface area contributed by atoms with Crippen LogP contribution in [0.15, 0.2) is 12.1 Å². The summed E-state index contributed by atoms with van der Waals surface area (Å²) in [7, 11) is 0. The zero-order chi connectivity index (χ0) is 11.9. The second kappa shape index (κ2) is 3.91. The van der Waals surface area contributed by atoms with Crippen LogP contribution in [-0.2, 0) is 12.8 Å². The van der Waals surface area contributed by atoms with Gasteiger partial charge in [0.05, 0.1) is 0 Å². The van der Waals surface area contributed by atoms with Gasteiger partial charge in [0.2, 0.25) is 0 Å². The second-order valence-corrected chi connectivity index (χ2v) is 6.51. The first-order valence-electron chi connectivity index (χ1n) is 6.47. The van der Waals surface area contributed by atoms with Crippen molar-refractivity contribution >= 4 is 0 Å². The summed E-state index contributed by atoms with van der Waals surface area (Å²) < 4.78 is 0. The predicted octanol–water partition coefficient (Wildman–Crippen LogP) is 4.45. The summed E-state index contributed by atoms with van der Waals surface area (Å²) in [6.45, 7) is 11.6. The van der Waals surface area contributed by atoms with Crippen LogP contribution in [0.3, 0.4) is 0 Å². The Bertz CT molecular complexity index is 393. The minimum Gasteiger partial charge on any atom is -0.0599 e. The lowest BCUT2D eigenvalue weighted by molar-refractivity contribution is 0.216. The summed E-state index contributed by atoms with van der Waals surface area (Å²) in [6.07, 6.45) is 3.91. The van der Waals surface area contributed by atoms with Crippen LogP contribution < -0.4 is 0 Å². The van der Waals surface area contributed by atoms with Crippen molar-refractivity contribution in [1.29, 1.82) is 0 Å². The average molecular weight is 216 g/mol. The largest absolute Gasteiger partial charge is 0.0599 e. The standard InChI is InChI=1S/C16H24/c1-11-8-13-6-7-15(16(3,4)5)10-14(13)9-12(11)2/h8-9,15H,6-7,10H2,1-5H3/t15-/m0/s1. The molecule has 0 aromatic heterocycles. The first kappa shape index (κ1) is 11.7. The molecule has 0 spiro atoms. The smallest absolute Gasteiger partial charge is 0.0242 e. The fraction of sp³-hybridized carbons (Fsp3) is 0.625. The van der Waals surface area contributed by atoms with Gasteiger partial charge in [-0.3, -0.25) is 0 Å². The molecule has 0 bridgehead atoms. The van der Waals surface area contributed by atoms with Crippen molar-refractivity contribution in [1.82, 2.24) is 0 Å². The summed E-state index contributed by atoms with van der Waals surface area (Å²) >= 11 is 0. The molecule has 0 amide bonds. The minimum absolute atomic E-state index is 0.455. The Balaban J connectivity index is 2.31. The van der Waals surface area contributed by atoms with Crippen LogP contribution in [0.1, 0.15) is 49.4 Å². The number of benzene rings is 1. The van der Waals surface area contributed by atoms with E-state index < -0.39 is 0 Å². The molecule has 0 fully saturated rings. The Morgan fingerprint density at radius 2 is 1.56 bits per heavy atom. The van der Waals surface area contributed by atoms with Gasteiger partial charge in [0, 0.05) is 0 Å². The summed E-state index contributed by atoms with van der Waals surface area (Å²) in [6, 6.07) is 4.83. The third-order valence-corrected chi connectivity index (χ3v) is 4.27. The lowest BCUT2D eigenvalue weighted by Crippen LogP contribution is -2.27. The highest BCUT2D eigenvalue weighted by molar-refractivity contribution is 5.39. The summed E-state index contributed by atoms with van der Waals surface area (Å²) in [5.41, 5.74) is 6.57. The van der Waals surface area contributed by atoms with Gasteiger partial charge in [0.25, 0.3) is 0 Å². The lowest BCUT2D eigenvalue weighted by atomic mass is 9.70. The molecule has 0 saturated heterocycles. The Morgan fingerprint density at radius 3 is 2.12 bits per heavy atom. The summed E-state index contributed by atoms with van der Waals surface area (Å²) in [5.74, 6) is 0.849. The van der Waals surface area contributed by atoms with E-state index in [1.807, 2.05) is 0 Å². The molecule has 0 unspecified atom stereocenters. The molecular weight excluding hydrogens is 192 g/mol. The molecule has 1 aliphatic carbocycles. The van der Waals surface area contributed by atoms with Crippen LogP contribution in [0.5, 0.6) is 0 Å². The third kappa shape index (κ3) is 2.16. The average Bonchev–Trinajstić information content (AvgIpc) is 2.17. The van der Waals surface area contributed by atoms with E-state index in [1.54, 1.807) is 11.1 Å². The van der Waals surface area contributed by atoms with Crippen molar-refractivity contribution in [2.75, 3.05) is 0 Å². The van der Waals surface area contributed by atoms with Crippen LogP contribution in [0.2, 0.25) is 0 Å². The number of rotatable bonds is 0. The van der Waals surface area contributed by atoms with E-state index in [0.717, 1.165) is 5.92 Å². The van der Waals surface area contributed by atoms with Gasteiger partial charge in [-0.05, 0) is 66.7 Å². The van der Waals surface area contributed by atoms with Crippen molar-refractivity contribution in [3.8, 4) is 0 Å². The van der Waals surface area contributed by atoms with E-state index in [2.05, 4.69) is 46.8 Å². The summed E-state index contributed by atoms with van der Waals surface area (Å²) in [5, 5.41) is 0. The van der Waals surface area contributed by atoms with Crippen molar-refractivity contribution in [3.63, 3.8) is 0 Å². The van der Waals surface area contributed by atoms with E-state index in [-0.39, 0.29) is 0 Å². The molecule has 1 aliphatic rings. The van der Waals surface area contributed by atoms with E-state index in [1.165, 1.54) is 30.4 Å². The molecule has 0 saturated carbocycles. The first-order valence-corrected chi connectivity index (χ1v) is 6.47. The Kier molecular flexibility index (Phi) is 2.86. The number of fused-ring (bicyclic) bond motifs is 1. The van der Waals surface area contributed by atoms with Gasteiger partial charge in [-0.2, -0.15) is 0 Å². The summed E-state index contributed by atoms with van der Waals surface area (Å²) in [4.78, 5) is 0. The molecule has 0 radical (unpaired) electrons. The third-order valence-electron chi connectivity index (χ3n) is 4.27. The molecule has 1 atom stereocenters. The van der Waals surface area contributed by atoms with Crippen molar-refractivity contribution in [3.05, 3.63) is 34.4 Å². The van der Waals surface area contributed by atoms with E-state index >= 15 is 0 Å². The van der Waals surface area contributed by atoms with Crippen molar-refractivity contribution < 1.29 is 0 Å². The molecule has 1 aromatic carbocycles. The maximum absolute atomic E-state index is 2.42. The zero-order valence-corrected chi connectivity index (χ0v) is 11.4. The van der Waals surface area contributed by atoms with Crippen molar-refractivity contribution in [2.24, 2.45) is 11.3 Å². The van der Waals surface area contributed by atoms with Gasteiger partial charge in [-0.15, -0.1) is 0 Å². The molecule has 1 aromatic rings. The normalized spacial score (nSPS) is 20.7. The minimum atomic E-state index is 0.455. The zero-order valence-electron chi connectivity index (χ0n) is 11.4. The van der Waals surface area contributed by atoms with Crippen molar-refractivity contribution in [2.45, 2.75) is 53.9 Å². The van der Waals surface area contributed by atoms with Crippen LogP contribution in [-0.4, -0.2) is 0 Å². The van der Waals surface area contributed by atoms with Gasteiger partial charge in [0.1, 0.15) is 0 Å². The molecule has 0 N–H and O–H groups in total. The van der Waals surface area contributed by atoms with Gasteiger partial charge < -0.3 is 0 Å². The van der Waals surface area contributed by atoms with E-state index in [4.69, 9.17) is 0 Å². The highest BCUT2D eigenvalue weighted by Gasteiger charge is 2.28. The highest BCUT2D eigenvalue weighted by Crippen LogP contribution is 2.37. The van der Waals surface area contributed by atoms with Crippen LogP contribution in [0, 0.1) is 25.2 Å². The quantitative estimate of drug-likeness (QED) is 0.601. The molecular formula is C16H24. The fourth-order valence-electron chi connectivity index (χ4n) is 2.79. The highest BCUT2D eigenvalue weighted by atomic mass is 14.3. The number of aryl methyl sites for hydroxylation is 3. The maximum atomic E-state index is 2.42. The predicted molar refractivity (Wildman–Crippen MR) is 70.9 cm³/mol. The monoisotopic (exact) mass is 216 g/mol. The fourth-order valence-corrected chi connectivity index (χ4v) is 2.79. The van der Waals surface area contributed by atoms with Gasteiger partial charge >= 0.3 is 0 Å². The van der Waals surface area contributed by atoms with Crippen LogP contribution in [0.25, 0.3) is 0 Å². The SMILES string of the molecule is Cc1cc2c(cc1C)C[C@@H](C(C)(C)C)CC2. The molecule has 0 heteroatoms. The number of hydrogen-bond acceptors (Lipinski definition) is 0. The number of hydrogen-bond donors (Lipinski definition) is 0. The molecule has 2 rings (SSSR count). The molecule has 0 heterocycles. The molecule has 16 heavy (non-hydrogen) atoms. The molecule has 0 nitrogen and oxygen atoms in total. The van der Waals surface area contributed by atoms with E-state index in [0.29, 0.717) is 5.41 Å². The van der Waals surface area contributed by atoms with Gasteiger partial charge in [0.15, 0.2) is 0 Å². The molecule has 0 aliphatic heterocycles. The van der Waals surface area contributed by atoms with Gasteiger partial charge in [-0.1, -0.05) is 32.9 Å². The Labute approximate surface area is 100 Å². The van der Waals surface area contributed by atoms with Crippen LogP contribution in [0.4, 0.5) is 0 Å². The Hall–Kier alpha value is -0.780. The topological polar surface area (TPSA) is 0 Å².